The van der Waals surface area contributed by atoms with Gasteiger partial charge in [-0.3, -0.25) is 0 Å². The third kappa shape index (κ3) is 3.88. The molecule has 0 saturated carbocycles. The zero-order chi connectivity index (χ0) is 14.4. The van der Waals surface area contributed by atoms with Crippen LogP contribution in [0.3, 0.4) is 0 Å². The smallest absolute Gasteiger partial charge is 0.131 e. The maximum absolute atomic E-state index is 13.6. The van der Waals surface area contributed by atoms with Gasteiger partial charge in [0.1, 0.15) is 11.6 Å². The normalized spacial score (nSPS) is 10.9. The van der Waals surface area contributed by atoms with Gasteiger partial charge in [0.25, 0.3) is 0 Å². The average Bonchev–Trinajstić information content (AvgIpc) is 2.87. The van der Waals surface area contributed by atoms with Crippen molar-refractivity contribution < 1.29 is 13.5 Å². The molecule has 2 rings (SSSR count). The zero-order valence-corrected chi connectivity index (χ0v) is 11.4. The van der Waals surface area contributed by atoms with Crippen molar-refractivity contribution in [1.29, 1.82) is 0 Å². The molecule has 0 aliphatic carbocycles. The summed E-state index contributed by atoms with van der Waals surface area (Å²) in [5.41, 5.74) is 1.15. The lowest BCUT2D eigenvalue weighted by molar-refractivity contribution is 0.199. The second kappa shape index (κ2) is 7.17. The molecule has 1 aromatic carbocycles. The van der Waals surface area contributed by atoms with Crippen molar-refractivity contribution in [3.05, 3.63) is 59.4 Å². The summed E-state index contributed by atoms with van der Waals surface area (Å²) in [4.78, 5) is 0. The molecule has 0 saturated heterocycles. The molecule has 0 radical (unpaired) electrons. The molecule has 20 heavy (non-hydrogen) atoms. The van der Waals surface area contributed by atoms with E-state index in [-0.39, 0.29) is 12.1 Å². The molecule has 0 atom stereocenters. The Kier molecular flexibility index (Phi) is 5.26. The first-order chi connectivity index (χ1) is 9.70. The van der Waals surface area contributed by atoms with Crippen LogP contribution in [0.2, 0.25) is 0 Å². The number of hydrogen-bond donors (Lipinski definition) is 1. The van der Waals surface area contributed by atoms with E-state index >= 15 is 0 Å². The fraction of sp³-hybridized carbons (Fsp3) is 0.333. The minimum atomic E-state index is -0.515. The molecular formula is C15H18F2N2O. The Labute approximate surface area is 117 Å². The molecule has 1 N–H and O–H groups in total. The minimum absolute atomic E-state index is 0.0852. The van der Waals surface area contributed by atoms with Crippen molar-refractivity contribution in [2.24, 2.45) is 0 Å². The number of aromatic nitrogens is 1. The maximum atomic E-state index is 13.6. The predicted octanol–water partition coefficient (Wildman–Crippen LogP) is 2.55. The van der Waals surface area contributed by atoms with Gasteiger partial charge in [-0.2, -0.15) is 0 Å². The Hall–Kier alpha value is -1.72. The van der Waals surface area contributed by atoms with E-state index < -0.39 is 11.6 Å². The van der Waals surface area contributed by atoms with Gasteiger partial charge in [-0.1, -0.05) is 6.07 Å². The largest absolute Gasteiger partial charge is 0.383 e. The highest BCUT2D eigenvalue weighted by atomic mass is 19.1. The van der Waals surface area contributed by atoms with Gasteiger partial charge < -0.3 is 14.6 Å². The standard InChI is InChI=1S/C15H18F2N2O/c1-20-8-6-18-9-12-5-7-19(10-12)11-13-14(16)3-2-4-15(13)17/h2-5,7,10,18H,6,8-9,11H2,1H3. The monoisotopic (exact) mass is 280 g/mol. The van der Waals surface area contributed by atoms with Gasteiger partial charge in [0.2, 0.25) is 0 Å². The molecule has 0 bridgehead atoms. The van der Waals surface area contributed by atoms with Crippen LogP contribution in [0, 0.1) is 11.6 Å². The van der Waals surface area contributed by atoms with Crippen LogP contribution in [-0.2, 0) is 17.8 Å². The Balaban J connectivity index is 1.96. The highest BCUT2D eigenvalue weighted by molar-refractivity contribution is 5.21. The molecule has 3 nitrogen and oxygen atoms in total. The highest BCUT2D eigenvalue weighted by Crippen LogP contribution is 2.14. The van der Waals surface area contributed by atoms with E-state index in [2.05, 4.69) is 5.32 Å². The zero-order valence-electron chi connectivity index (χ0n) is 11.4. The first-order valence-corrected chi connectivity index (χ1v) is 6.48. The van der Waals surface area contributed by atoms with Gasteiger partial charge in [-0.05, 0) is 23.8 Å². The van der Waals surface area contributed by atoms with E-state index in [1.54, 1.807) is 11.7 Å². The molecule has 0 aliphatic heterocycles. The van der Waals surface area contributed by atoms with Gasteiger partial charge >= 0.3 is 0 Å². The lowest BCUT2D eigenvalue weighted by atomic mass is 10.2. The molecule has 108 valence electrons. The number of ether oxygens (including phenoxy) is 1. The van der Waals surface area contributed by atoms with Gasteiger partial charge in [-0.15, -0.1) is 0 Å². The Morgan fingerprint density at radius 3 is 2.65 bits per heavy atom. The Morgan fingerprint density at radius 2 is 1.95 bits per heavy atom. The maximum Gasteiger partial charge on any atom is 0.131 e. The van der Waals surface area contributed by atoms with Crippen LogP contribution < -0.4 is 5.32 Å². The number of nitrogens with one attached hydrogen (secondary N) is 1. The van der Waals surface area contributed by atoms with E-state index in [0.29, 0.717) is 13.2 Å². The SMILES string of the molecule is COCCNCc1ccn(Cc2c(F)cccc2F)c1. The van der Waals surface area contributed by atoms with E-state index in [4.69, 9.17) is 4.74 Å². The van der Waals surface area contributed by atoms with Crippen molar-refractivity contribution in [2.75, 3.05) is 20.3 Å². The van der Waals surface area contributed by atoms with Crippen molar-refractivity contribution in [2.45, 2.75) is 13.1 Å². The fourth-order valence-electron chi connectivity index (χ4n) is 1.97. The highest BCUT2D eigenvalue weighted by Gasteiger charge is 2.08. The van der Waals surface area contributed by atoms with Crippen LogP contribution in [0.5, 0.6) is 0 Å². The minimum Gasteiger partial charge on any atom is -0.383 e. The molecule has 0 fully saturated rings. The van der Waals surface area contributed by atoms with E-state index in [1.807, 2.05) is 18.5 Å². The van der Waals surface area contributed by atoms with E-state index in [0.717, 1.165) is 12.1 Å². The van der Waals surface area contributed by atoms with Crippen molar-refractivity contribution in [1.82, 2.24) is 9.88 Å². The Bertz CT molecular complexity index is 534. The second-order valence-corrected chi connectivity index (χ2v) is 4.56. The van der Waals surface area contributed by atoms with Crippen LogP contribution in [0.1, 0.15) is 11.1 Å². The predicted molar refractivity (Wildman–Crippen MR) is 73.5 cm³/mol. The molecular weight excluding hydrogens is 262 g/mol. The summed E-state index contributed by atoms with van der Waals surface area (Å²) >= 11 is 0. The Morgan fingerprint density at radius 1 is 1.20 bits per heavy atom. The van der Waals surface area contributed by atoms with Gasteiger partial charge in [-0.25, -0.2) is 8.78 Å². The first kappa shape index (κ1) is 14.7. The number of halogens is 2. The summed E-state index contributed by atoms with van der Waals surface area (Å²) in [6, 6.07) is 5.85. The van der Waals surface area contributed by atoms with Crippen molar-refractivity contribution in [3.63, 3.8) is 0 Å². The van der Waals surface area contributed by atoms with Crippen LogP contribution >= 0.6 is 0 Å². The molecule has 0 aliphatic rings. The summed E-state index contributed by atoms with van der Waals surface area (Å²) < 4.78 is 33.8. The number of nitrogens with zero attached hydrogens (tertiary/aromatic N) is 1. The molecule has 0 spiro atoms. The topological polar surface area (TPSA) is 26.2 Å². The summed E-state index contributed by atoms with van der Waals surface area (Å²) in [6.07, 6.45) is 3.70. The van der Waals surface area contributed by atoms with E-state index in [9.17, 15) is 8.78 Å². The molecule has 1 aromatic heterocycles. The van der Waals surface area contributed by atoms with Crippen LogP contribution in [0.25, 0.3) is 0 Å². The first-order valence-electron chi connectivity index (χ1n) is 6.48. The molecule has 0 unspecified atom stereocenters. The third-order valence-electron chi connectivity index (χ3n) is 3.03. The summed E-state index contributed by atoms with van der Waals surface area (Å²) in [7, 11) is 1.65. The van der Waals surface area contributed by atoms with Gasteiger partial charge in [0.15, 0.2) is 0 Å². The lowest BCUT2D eigenvalue weighted by Crippen LogP contribution is -2.18. The van der Waals surface area contributed by atoms with Crippen molar-refractivity contribution in [3.8, 4) is 0 Å². The number of methoxy groups -OCH3 is 1. The molecule has 5 heteroatoms. The van der Waals surface area contributed by atoms with Gasteiger partial charge in [0, 0.05) is 38.2 Å². The third-order valence-corrected chi connectivity index (χ3v) is 3.03. The second-order valence-electron chi connectivity index (χ2n) is 4.56. The van der Waals surface area contributed by atoms with Crippen molar-refractivity contribution >= 4 is 0 Å². The summed E-state index contributed by atoms with van der Waals surface area (Å²) in [5, 5.41) is 3.22. The molecule has 1 heterocycles. The number of benzene rings is 1. The van der Waals surface area contributed by atoms with Gasteiger partial charge in [0.05, 0.1) is 13.2 Å². The van der Waals surface area contributed by atoms with Crippen LogP contribution in [-0.4, -0.2) is 24.8 Å². The fourth-order valence-corrected chi connectivity index (χ4v) is 1.97. The molecule has 0 amide bonds. The van der Waals surface area contributed by atoms with E-state index in [1.165, 1.54) is 18.2 Å². The number of rotatable bonds is 7. The average molecular weight is 280 g/mol. The summed E-state index contributed by atoms with van der Waals surface area (Å²) in [6.45, 7) is 2.32. The lowest BCUT2D eigenvalue weighted by Gasteiger charge is -2.06. The quantitative estimate of drug-likeness (QED) is 0.789. The van der Waals surface area contributed by atoms with Crippen LogP contribution in [0.4, 0.5) is 8.78 Å². The number of hydrogen-bond acceptors (Lipinski definition) is 2. The van der Waals surface area contributed by atoms with Crippen LogP contribution in [0.15, 0.2) is 36.7 Å². The molecule has 2 aromatic rings. The summed E-state index contributed by atoms with van der Waals surface area (Å²) in [5.74, 6) is -1.03.